The Morgan fingerprint density at radius 2 is 1.66 bits per heavy atom. The Hall–Kier alpha value is -2.04. The van der Waals surface area contributed by atoms with Crippen molar-refractivity contribution in [2.24, 2.45) is 17.8 Å². The van der Waals surface area contributed by atoms with Gasteiger partial charge in [0.2, 0.25) is 0 Å². The average molecular weight is 451 g/mol. The van der Waals surface area contributed by atoms with Crippen LogP contribution in [0.25, 0.3) is 11.1 Å². The molecule has 0 bridgehead atoms. The molecular formula is C27H34F4O. The quantitative estimate of drug-likeness (QED) is 0.274. The van der Waals surface area contributed by atoms with Gasteiger partial charge in [0.25, 0.3) is 0 Å². The summed E-state index contributed by atoms with van der Waals surface area (Å²) in [6.07, 6.45) is 6.62. The molecule has 1 aliphatic rings. The van der Waals surface area contributed by atoms with Crippen molar-refractivity contribution in [1.82, 2.24) is 0 Å². The molecule has 0 aliphatic heterocycles. The lowest BCUT2D eigenvalue weighted by Crippen LogP contribution is -2.21. The van der Waals surface area contributed by atoms with Gasteiger partial charge in [-0.25, -0.2) is 4.39 Å². The van der Waals surface area contributed by atoms with E-state index in [-0.39, 0.29) is 11.6 Å². The molecule has 176 valence electrons. The number of alkyl halides is 3. The van der Waals surface area contributed by atoms with E-state index in [0.29, 0.717) is 23.0 Å². The van der Waals surface area contributed by atoms with Crippen molar-refractivity contribution in [2.45, 2.75) is 78.0 Å². The second kappa shape index (κ2) is 11.2. The van der Waals surface area contributed by atoms with E-state index in [4.69, 9.17) is 0 Å². The predicted molar refractivity (Wildman–Crippen MR) is 121 cm³/mol. The van der Waals surface area contributed by atoms with E-state index in [1.807, 2.05) is 6.07 Å². The van der Waals surface area contributed by atoms with Crippen LogP contribution in [0.5, 0.6) is 5.75 Å². The number of unbranched alkanes of at least 4 members (excludes halogenated alkanes) is 2. The van der Waals surface area contributed by atoms with E-state index in [2.05, 4.69) is 18.6 Å². The molecule has 1 nitrogen and oxygen atoms in total. The molecule has 1 fully saturated rings. The molecular weight excluding hydrogens is 416 g/mol. The van der Waals surface area contributed by atoms with Crippen molar-refractivity contribution in [3.05, 3.63) is 53.8 Å². The smallest absolute Gasteiger partial charge is 0.406 e. The van der Waals surface area contributed by atoms with Crippen LogP contribution in [0.15, 0.2) is 42.5 Å². The number of hydrogen-bond donors (Lipinski definition) is 0. The first kappa shape index (κ1) is 24.6. The number of halogens is 4. The van der Waals surface area contributed by atoms with Crippen molar-refractivity contribution >= 4 is 0 Å². The van der Waals surface area contributed by atoms with Crippen LogP contribution < -0.4 is 4.74 Å². The third-order valence-electron chi connectivity index (χ3n) is 6.90. The maximum atomic E-state index is 14.8. The summed E-state index contributed by atoms with van der Waals surface area (Å²) in [5.74, 6) is 1.43. The Labute approximate surface area is 189 Å². The summed E-state index contributed by atoms with van der Waals surface area (Å²) in [4.78, 5) is 0. The van der Waals surface area contributed by atoms with Gasteiger partial charge in [0, 0.05) is 5.56 Å². The molecule has 3 rings (SSSR count). The first-order chi connectivity index (χ1) is 15.2. The van der Waals surface area contributed by atoms with Gasteiger partial charge < -0.3 is 4.74 Å². The minimum Gasteiger partial charge on any atom is -0.406 e. The molecule has 0 radical (unpaired) electrons. The van der Waals surface area contributed by atoms with Crippen LogP contribution in [0.2, 0.25) is 0 Å². The summed E-state index contributed by atoms with van der Waals surface area (Å²) < 4.78 is 55.6. The highest BCUT2D eigenvalue weighted by molar-refractivity contribution is 5.65. The zero-order valence-corrected chi connectivity index (χ0v) is 19.1. The highest BCUT2D eigenvalue weighted by atomic mass is 19.4. The molecule has 0 heterocycles. The fraction of sp³-hybridized carbons (Fsp3) is 0.556. The largest absolute Gasteiger partial charge is 0.573 e. The van der Waals surface area contributed by atoms with E-state index in [0.717, 1.165) is 17.9 Å². The van der Waals surface area contributed by atoms with Gasteiger partial charge >= 0.3 is 6.36 Å². The molecule has 0 saturated heterocycles. The number of benzene rings is 2. The molecule has 2 aromatic rings. The molecule has 0 aromatic heterocycles. The zero-order chi connectivity index (χ0) is 23.1. The first-order valence-corrected chi connectivity index (χ1v) is 11.9. The molecule has 1 aliphatic carbocycles. The number of rotatable bonds is 9. The van der Waals surface area contributed by atoms with E-state index in [9.17, 15) is 17.6 Å². The topological polar surface area (TPSA) is 9.23 Å². The highest BCUT2D eigenvalue weighted by Crippen LogP contribution is 2.37. The molecule has 0 amide bonds. The number of ether oxygens (including phenoxy) is 1. The lowest BCUT2D eigenvalue weighted by Gasteiger charge is -2.32. The van der Waals surface area contributed by atoms with Gasteiger partial charge in [-0.1, -0.05) is 76.6 Å². The lowest BCUT2D eigenvalue weighted by atomic mass is 9.73. The Morgan fingerprint density at radius 3 is 2.25 bits per heavy atom. The molecule has 0 spiro atoms. The SMILES string of the molecule is CCCCCC1CCC(C(C)Cc2ccc(-c3ccc(OC(F)(F)F)cc3)c(F)c2)CC1. The summed E-state index contributed by atoms with van der Waals surface area (Å²) in [6, 6.07) is 10.5. The van der Waals surface area contributed by atoms with E-state index >= 15 is 0 Å². The van der Waals surface area contributed by atoms with Crippen molar-refractivity contribution in [3.63, 3.8) is 0 Å². The highest BCUT2D eigenvalue weighted by Gasteiger charge is 2.31. The maximum absolute atomic E-state index is 14.8. The van der Waals surface area contributed by atoms with Gasteiger partial charge in [-0.3, -0.25) is 0 Å². The molecule has 1 saturated carbocycles. The van der Waals surface area contributed by atoms with Crippen molar-refractivity contribution in [1.29, 1.82) is 0 Å². The van der Waals surface area contributed by atoms with Gasteiger partial charge in [-0.2, -0.15) is 0 Å². The van der Waals surface area contributed by atoms with Crippen LogP contribution >= 0.6 is 0 Å². The first-order valence-electron chi connectivity index (χ1n) is 11.9. The van der Waals surface area contributed by atoms with E-state index < -0.39 is 6.36 Å². The standard InChI is InChI=1S/C27H34F4O/c1-3-4-5-6-20-7-10-22(11-8-20)19(2)17-21-9-16-25(26(28)18-21)23-12-14-24(15-13-23)32-27(29,30)31/h9,12-16,18-20,22H,3-8,10-11,17H2,1-2H3. The van der Waals surface area contributed by atoms with Gasteiger partial charge in [0.05, 0.1) is 0 Å². The van der Waals surface area contributed by atoms with E-state index in [1.165, 1.54) is 75.6 Å². The summed E-state index contributed by atoms with van der Waals surface area (Å²) in [5, 5.41) is 0. The Morgan fingerprint density at radius 1 is 0.969 bits per heavy atom. The van der Waals surface area contributed by atoms with Crippen LogP contribution in [0.3, 0.4) is 0 Å². The summed E-state index contributed by atoms with van der Waals surface area (Å²) in [5.41, 5.74) is 1.88. The number of hydrogen-bond acceptors (Lipinski definition) is 1. The van der Waals surface area contributed by atoms with Crippen LogP contribution in [0, 0.1) is 23.6 Å². The minimum atomic E-state index is -4.74. The lowest BCUT2D eigenvalue weighted by molar-refractivity contribution is -0.274. The van der Waals surface area contributed by atoms with Crippen molar-refractivity contribution < 1.29 is 22.3 Å². The molecule has 5 heteroatoms. The normalized spacial score (nSPS) is 20.2. The molecule has 32 heavy (non-hydrogen) atoms. The Kier molecular flexibility index (Phi) is 8.61. The third kappa shape index (κ3) is 7.25. The monoisotopic (exact) mass is 450 g/mol. The van der Waals surface area contributed by atoms with Crippen molar-refractivity contribution in [2.75, 3.05) is 0 Å². The zero-order valence-electron chi connectivity index (χ0n) is 19.1. The van der Waals surface area contributed by atoms with Gasteiger partial charge in [-0.15, -0.1) is 13.2 Å². The molecule has 0 N–H and O–H groups in total. The van der Waals surface area contributed by atoms with E-state index in [1.54, 1.807) is 12.1 Å². The fourth-order valence-corrected chi connectivity index (χ4v) is 5.02. The van der Waals surface area contributed by atoms with Crippen LogP contribution in [-0.2, 0) is 6.42 Å². The van der Waals surface area contributed by atoms with Crippen LogP contribution in [-0.4, -0.2) is 6.36 Å². The molecule has 1 unspecified atom stereocenters. The summed E-state index contributed by atoms with van der Waals surface area (Å²) in [7, 11) is 0. The van der Waals surface area contributed by atoms with Crippen LogP contribution in [0.1, 0.15) is 70.8 Å². The summed E-state index contributed by atoms with van der Waals surface area (Å²) in [6.45, 7) is 4.52. The minimum absolute atomic E-state index is 0.313. The van der Waals surface area contributed by atoms with Gasteiger partial charge in [0.15, 0.2) is 0 Å². The second-order valence-corrected chi connectivity index (χ2v) is 9.34. The maximum Gasteiger partial charge on any atom is 0.573 e. The molecule has 1 atom stereocenters. The summed E-state index contributed by atoms with van der Waals surface area (Å²) >= 11 is 0. The third-order valence-corrected chi connectivity index (χ3v) is 6.90. The van der Waals surface area contributed by atoms with Crippen molar-refractivity contribution in [3.8, 4) is 16.9 Å². The van der Waals surface area contributed by atoms with Crippen LogP contribution in [0.4, 0.5) is 17.6 Å². The average Bonchev–Trinajstić information content (AvgIpc) is 2.74. The molecule has 2 aromatic carbocycles. The predicted octanol–water partition coefficient (Wildman–Crippen LogP) is 8.96. The fourth-order valence-electron chi connectivity index (χ4n) is 5.02. The Balaban J connectivity index is 1.55. The second-order valence-electron chi connectivity index (χ2n) is 9.34. The van der Waals surface area contributed by atoms with Gasteiger partial charge in [0.1, 0.15) is 11.6 Å². The Bertz CT molecular complexity index is 836. The van der Waals surface area contributed by atoms with Gasteiger partial charge in [-0.05, 0) is 66.3 Å².